The third-order valence-corrected chi connectivity index (χ3v) is 5.38. The van der Waals surface area contributed by atoms with Crippen molar-refractivity contribution in [1.29, 1.82) is 0 Å². The summed E-state index contributed by atoms with van der Waals surface area (Å²) < 4.78 is 14.8. The maximum absolute atomic E-state index is 13.0. The van der Waals surface area contributed by atoms with E-state index in [2.05, 4.69) is 10.4 Å². The first-order chi connectivity index (χ1) is 12.6. The Balaban J connectivity index is 1.61. The van der Waals surface area contributed by atoms with Crippen LogP contribution in [0.1, 0.15) is 16.8 Å². The van der Waals surface area contributed by atoms with Crippen molar-refractivity contribution in [1.82, 2.24) is 9.78 Å². The lowest BCUT2D eigenvalue weighted by atomic mass is 10.1. The van der Waals surface area contributed by atoms with Crippen LogP contribution in [0.3, 0.4) is 0 Å². The second-order valence-corrected chi connectivity index (χ2v) is 7.43. The lowest BCUT2D eigenvalue weighted by molar-refractivity contribution is -0.115. The predicted molar refractivity (Wildman–Crippen MR) is 102 cm³/mol. The number of aromatic nitrogens is 2. The van der Waals surface area contributed by atoms with Crippen molar-refractivity contribution >= 4 is 35.1 Å². The molecule has 0 radical (unpaired) electrons. The Labute approximate surface area is 159 Å². The van der Waals surface area contributed by atoms with Crippen molar-refractivity contribution in [3.63, 3.8) is 0 Å². The Morgan fingerprint density at radius 3 is 2.62 bits per heavy atom. The third kappa shape index (κ3) is 3.48. The molecule has 2 heterocycles. The highest BCUT2D eigenvalue weighted by atomic mass is 35.5. The number of thioether (sulfide) groups is 1. The van der Waals surface area contributed by atoms with Crippen molar-refractivity contribution in [2.45, 2.75) is 17.9 Å². The van der Waals surface area contributed by atoms with Gasteiger partial charge in [-0.05, 0) is 42.0 Å². The molecule has 0 unspecified atom stereocenters. The molecule has 0 spiro atoms. The van der Waals surface area contributed by atoms with Crippen LogP contribution in [-0.4, -0.2) is 15.7 Å². The molecule has 1 aliphatic heterocycles. The Hall–Kier alpha value is -2.31. The van der Waals surface area contributed by atoms with Gasteiger partial charge in [0.05, 0.1) is 17.8 Å². The fraction of sp³-hybridized carbons (Fsp3) is 0.158. The molecule has 0 bridgehead atoms. The number of hydrogen-bond acceptors (Lipinski definition) is 3. The van der Waals surface area contributed by atoms with Crippen molar-refractivity contribution in [2.24, 2.45) is 0 Å². The van der Waals surface area contributed by atoms with Crippen LogP contribution in [0.4, 0.5) is 10.2 Å². The summed E-state index contributed by atoms with van der Waals surface area (Å²) in [6.07, 6.45) is 0.175. The summed E-state index contributed by atoms with van der Waals surface area (Å²) in [5.74, 6) is 1.86. The number of halogens is 2. The van der Waals surface area contributed by atoms with Crippen LogP contribution >= 0.6 is 23.4 Å². The van der Waals surface area contributed by atoms with Gasteiger partial charge in [0.25, 0.3) is 0 Å². The SMILES string of the molecule is O=C(Cc1ccc(F)cc1)Nc1c2c(nn1-c1ccc(Cl)cc1)CSC2. The van der Waals surface area contributed by atoms with E-state index in [9.17, 15) is 9.18 Å². The van der Waals surface area contributed by atoms with Gasteiger partial charge in [-0.15, -0.1) is 0 Å². The predicted octanol–water partition coefficient (Wildman–Crippen LogP) is 4.59. The van der Waals surface area contributed by atoms with Gasteiger partial charge in [-0.25, -0.2) is 9.07 Å². The van der Waals surface area contributed by atoms with Crippen LogP contribution < -0.4 is 5.32 Å². The first-order valence-electron chi connectivity index (χ1n) is 8.09. The largest absolute Gasteiger partial charge is 0.310 e. The van der Waals surface area contributed by atoms with E-state index in [0.29, 0.717) is 10.8 Å². The lowest BCUT2D eigenvalue weighted by Gasteiger charge is -2.11. The van der Waals surface area contributed by atoms with Gasteiger partial charge in [0.15, 0.2) is 0 Å². The zero-order chi connectivity index (χ0) is 18.1. The molecule has 0 atom stereocenters. The monoisotopic (exact) mass is 387 g/mol. The molecule has 132 valence electrons. The topological polar surface area (TPSA) is 46.9 Å². The second kappa shape index (κ2) is 7.13. The highest BCUT2D eigenvalue weighted by Crippen LogP contribution is 2.36. The van der Waals surface area contributed by atoms with Gasteiger partial charge < -0.3 is 5.32 Å². The van der Waals surface area contributed by atoms with E-state index in [-0.39, 0.29) is 18.1 Å². The van der Waals surface area contributed by atoms with E-state index >= 15 is 0 Å². The first-order valence-corrected chi connectivity index (χ1v) is 9.62. The smallest absolute Gasteiger partial charge is 0.229 e. The number of nitrogens with one attached hydrogen (secondary N) is 1. The lowest BCUT2D eigenvalue weighted by Crippen LogP contribution is -2.18. The Kier molecular flexibility index (Phi) is 4.70. The van der Waals surface area contributed by atoms with Gasteiger partial charge >= 0.3 is 0 Å². The van der Waals surface area contributed by atoms with Gasteiger partial charge in [0.1, 0.15) is 11.6 Å². The first kappa shape index (κ1) is 17.1. The molecule has 0 aliphatic carbocycles. The molecule has 0 fully saturated rings. The maximum atomic E-state index is 13.0. The number of hydrogen-bond donors (Lipinski definition) is 1. The minimum Gasteiger partial charge on any atom is -0.310 e. The number of fused-ring (bicyclic) bond motifs is 1. The quantitative estimate of drug-likeness (QED) is 0.712. The molecule has 2 aromatic carbocycles. The minimum atomic E-state index is -0.315. The van der Waals surface area contributed by atoms with Crippen LogP contribution in [0.5, 0.6) is 0 Å². The summed E-state index contributed by atoms with van der Waals surface area (Å²) >= 11 is 7.74. The summed E-state index contributed by atoms with van der Waals surface area (Å²) in [4.78, 5) is 12.5. The number of anilines is 1. The Bertz CT molecular complexity index is 954. The molecule has 4 nitrogen and oxygen atoms in total. The van der Waals surface area contributed by atoms with E-state index < -0.39 is 0 Å². The van der Waals surface area contributed by atoms with Gasteiger partial charge in [-0.1, -0.05) is 23.7 Å². The van der Waals surface area contributed by atoms with Crippen LogP contribution in [0.2, 0.25) is 5.02 Å². The normalized spacial score (nSPS) is 12.8. The number of amides is 1. The van der Waals surface area contributed by atoms with E-state index in [1.165, 1.54) is 12.1 Å². The van der Waals surface area contributed by atoms with E-state index in [1.807, 2.05) is 12.1 Å². The standard InChI is InChI=1S/C19H15ClFN3OS/c20-13-3-7-15(8-4-13)24-19(16-10-26-11-17(16)23-24)22-18(25)9-12-1-5-14(21)6-2-12/h1-8H,9-11H2,(H,22,25). The molecular weight excluding hydrogens is 373 g/mol. The molecule has 26 heavy (non-hydrogen) atoms. The molecule has 7 heteroatoms. The van der Waals surface area contributed by atoms with E-state index in [1.54, 1.807) is 40.7 Å². The van der Waals surface area contributed by atoms with Gasteiger partial charge in [0.2, 0.25) is 5.91 Å². The number of rotatable bonds is 4. The average molecular weight is 388 g/mol. The summed E-state index contributed by atoms with van der Waals surface area (Å²) in [6, 6.07) is 13.3. The molecule has 1 aromatic heterocycles. The van der Waals surface area contributed by atoms with Gasteiger partial charge in [0, 0.05) is 22.1 Å². The fourth-order valence-electron chi connectivity index (χ4n) is 2.87. The van der Waals surface area contributed by atoms with Crippen LogP contribution in [0, 0.1) is 5.82 Å². The highest BCUT2D eigenvalue weighted by Gasteiger charge is 2.24. The number of carbonyl (C=O) groups is 1. The molecule has 3 aromatic rings. The van der Waals surface area contributed by atoms with Crippen LogP contribution in [-0.2, 0) is 22.7 Å². The summed E-state index contributed by atoms with van der Waals surface area (Å²) in [5, 5.41) is 8.28. The van der Waals surface area contributed by atoms with E-state index in [0.717, 1.165) is 34.0 Å². The number of nitrogens with zero attached hydrogens (tertiary/aromatic N) is 2. The Morgan fingerprint density at radius 2 is 1.88 bits per heavy atom. The highest BCUT2D eigenvalue weighted by molar-refractivity contribution is 7.98. The molecule has 1 N–H and O–H groups in total. The molecular formula is C19H15ClFN3OS. The van der Waals surface area contributed by atoms with E-state index in [4.69, 9.17) is 11.6 Å². The molecule has 1 amide bonds. The van der Waals surface area contributed by atoms with Crippen LogP contribution in [0.15, 0.2) is 48.5 Å². The zero-order valence-corrected chi connectivity index (χ0v) is 15.3. The fourth-order valence-corrected chi connectivity index (χ4v) is 4.04. The molecule has 0 saturated heterocycles. The minimum absolute atomic E-state index is 0.161. The zero-order valence-electron chi connectivity index (χ0n) is 13.7. The van der Waals surface area contributed by atoms with Crippen molar-refractivity contribution in [3.8, 4) is 5.69 Å². The maximum Gasteiger partial charge on any atom is 0.229 e. The van der Waals surface area contributed by atoms with Crippen molar-refractivity contribution in [3.05, 3.63) is 76.2 Å². The second-order valence-electron chi connectivity index (χ2n) is 6.01. The molecule has 1 aliphatic rings. The van der Waals surface area contributed by atoms with Gasteiger partial charge in [-0.2, -0.15) is 16.9 Å². The summed E-state index contributed by atoms with van der Waals surface area (Å²) in [7, 11) is 0. The third-order valence-electron chi connectivity index (χ3n) is 4.16. The van der Waals surface area contributed by atoms with Gasteiger partial charge in [-0.3, -0.25) is 4.79 Å². The Morgan fingerprint density at radius 1 is 1.15 bits per heavy atom. The molecule has 0 saturated carbocycles. The average Bonchev–Trinajstić information content (AvgIpc) is 3.21. The van der Waals surface area contributed by atoms with Crippen molar-refractivity contribution in [2.75, 3.05) is 5.32 Å². The molecule has 4 rings (SSSR count). The summed E-state index contributed by atoms with van der Waals surface area (Å²) in [6.45, 7) is 0. The summed E-state index contributed by atoms with van der Waals surface area (Å²) in [5.41, 5.74) is 3.64. The van der Waals surface area contributed by atoms with Crippen LogP contribution in [0.25, 0.3) is 5.69 Å². The van der Waals surface area contributed by atoms with Crippen molar-refractivity contribution < 1.29 is 9.18 Å². The number of carbonyl (C=O) groups excluding carboxylic acids is 1. The number of benzene rings is 2.